The molecule has 2 aliphatic rings. The van der Waals surface area contributed by atoms with Crippen molar-refractivity contribution in [2.24, 2.45) is 0 Å². The molecule has 176 valence electrons. The Kier molecular flexibility index (Phi) is 5.70. The van der Waals surface area contributed by atoms with Crippen LogP contribution >= 0.6 is 0 Å². The number of likely N-dealkylation sites (N-methyl/N-ethyl adjacent to an activating group) is 1. The van der Waals surface area contributed by atoms with Gasteiger partial charge in [0.05, 0.1) is 30.2 Å². The molecule has 9 heteroatoms. The van der Waals surface area contributed by atoms with Gasteiger partial charge in [-0.15, -0.1) is 0 Å². The summed E-state index contributed by atoms with van der Waals surface area (Å²) in [5.74, 6) is 1.59. The number of nitrogens with one attached hydrogen (secondary N) is 2. The highest BCUT2D eigenvalue weighted by Crippen LogP contribution is 2.38. The summed E-state index contributed by atoms with van der Waals surface area (Å²) in [6.45, 7) is 6.04. The highest BCUT2D eigenvalue weighted by molar-refractivity contribution is 6.12. The molecule has 5 rings (SSSR count). The number of rotatable bonds is 4. The number of carbonyl (C=O) groups is 1. The summed E-state index contributed by atoms with van der Waals surface area (Å²) < 4.78 is 5.68. The van der Waals surface area contributed by atoms with Gasteiger partial charge in [-0.2, -0.15) is 4.98 Å². The van der Waals surface area contributed by atoms with Crippen molar-refractivity contribution >= 4 is 40.4 Å². The number of ether oxygens (including phenoxy) is 1. The quantitative estimate of drug-likeness (QED) is 0.612. The van der Waals surface area contributed by atoms with Crippen molar-refractivity contribution in [3.63, 3.8) is 0 Å². The normalized spacial score (nSPS) is 15.8. The van der Waals surface area contributed by atoms with Crippen molar-refractivity contribution in [2.45, 2.75) is 6.92 Å². The van der Waals surface area contributed by atoms with Gasteiger partial charge in [-0.1, -0.05) is 12.1 Å². The first kappa shape index (κ1) is 22.0. The lowest BCUT2D eigenvalue weighted by Crippen LogP contribution is -2.44. The summed E-state index contributed by atoms with van der Waals surface area (Å²) in [5, 5.41) is 6.22. The van der Waals surface area contributed by atoms with E-state index in [0.717, 1.165) is 54.6 Å². The molecule has 2 aliphatic heterocycles. The van der Waals surface area contributed by atoms with Gasteiger partial charge in [0, 0.05) is 45.0 Å². The molecule has 0 aliphatic carbocycles. The molecule has 0 atom stereocenters. The Balaban J connectivity index is 1.44. The van der Waals surface area contributed by atoms with Gasteiger partial charge in [0.15, 0.2) is 5.82 Å². The number of methoxy groups -OCH3 is 1. The number of hydrogen-bond acceptors (Lipinski definition) is 8. The van der Waals surface area contributed by atoms with Crippen LogP contribution in [-0.2, 0) is 0 Å². The largest absolute Gasteiger partial charge is 0.494 e. The molecule has 1 saturated heterocycles. The zero-order chi connectivity index (χ0) is 23.8. The lowest BCUT2D eigenvalue weighted by Gasteiger charge is -2.34. The van der Waals surface area contributed by atoms with Gasteiger partial charge in [-0.05, 0) is 37.7 Å². The molecule has 0 spiro atoms. The van der Waals surface area contributed by atoms with E-state index in [1.54, 1.807) is 13.3 Å². The predicted octanol–water partition coefficient (Wildman–Crippen LogP) is 3.62. The third-order valence-corrected chi connectivity index (χ3v) is 6.45. The van der Waals surface area contributed by atoms with Crippen LogP contribution in [0.15, 0.2) is 42.6 Å². The summed E-state index contributed by atoms with van der Waals surface area (Å²) in [6, 6.07) is 11.8. The average Bonchev–Trinajstić information content (AvgIpc) is 2.95. The van der Waals surface area contributed by atoms with E-state index in [-0.39, 0.29) is 5.91 Å². The number of aromatic nitrogens is 2. The SMILES string of the molecule is COc1cc(N2CCN(C)CC2)ccc1Nc1ncc2c(n1)N(C)c1c(C)cccc1C(=O)N2. The minimum absolute atomic E-state index is 0.172. The molecule has 0 unspecified atom stereocenters. The molecule has 3 heterocycles. The minimum Gasteiger partial charge on any atom is -0.494 e. The van der Waals surface area contributed by atoms with Crippen LogP contribution in [-0.4, -0.2) is 68.2 Å². The number of anilines is 6. The van der Waals surface area contributed by atoms with E-state index in [2.05, 4.69) is 38.5 Å². The molecule has 1 fully saturated rings. The zero-order valence-electron chi connectivity index (χ0n) is 19.9. The first-order valence-corrected chi connectivity index (χ1v) is 11.3. The van der Waals surface area contributed by atoms with E-state index in [1.807, 2.05) is 49.2 Å². The number of nitrogens with zero attached hydrogens (tertiary/aromatic N) is 5. The Labute approximate surface area is 199 Å². The van der Waals surface area contributed by atoms with Crippen LogP contribution in [0.4, 0.5) is 34.5 Å². The maximum Gasteiger partial charge on any atom is 0.257 e. The molecule has 0 bridgehead atoms. The summed E-state index contributed by atoms with van der Waals surface area (Å²) in [5.41, 5.74) is 4.90. The molecule has 2 aromatic carbocycles. The van der Waals surface area contributed by atoms with Crippen molar-refractivity contribution in [3.8, 4) is 5.75 Å². The van der Waals surface area contributed by atoms with Crippen LogP contribution < -0.4 is 25.2 Å². The first-order chi connectivity index (χ1) is 16.4. The number of hydrogen-bond donors (Lipinski definition) is 2. The second kappa shape index (κ2) is 8.83. The van der Waals surface area contributed by atoms with Gasteiger partial charge in [0.25, 0.3) is 5.91 Å². The summed E-state index contributed by atoms with van der Waals surface area (Å²) >= 11 is 0. The van der Waals surface area contributed by atoms with Gasteiger partial charge >= 0.3 is 0 Å². The fourth-order valence-corrected chi connectivity index (χ4v) is 4.52. The number of aryl methyl sites for hydroxylation is 1. The van der Waals surface area contributed by atoms with Gasteiger partial charge in [0.1, 0.15) is 11.4 Å². The minimum atomic E-state index is -0.172. The van der Waals surface area contributed by atoms with Crippen LogP contribution in [0.1, 0.15) is 15.9 Å². The second-order valence-electron chi connectivity index (χ2n) is 8.72. The molecule has 0 saturated carbocycles. The highest BCUT2D eigenvalue weighted by Gasteiger charge is 2.26. The van der Waals surface area contributed by atoms with Crippen molar-refractivity contribution in [1.82, 2.24) is 14.9 Å². The fourth-order valence-electron chi connectivity index (χ4n) is 4.52. The molecule has 2 N–H and O–H groups in total. The highest BCUT2D eigenvalue weighted by atomic mass is 16.5. The number of fused-ring (bicyclic) bond motifs is 2. The third-order valence-electron chi connectivity index (χ3n) is 6.45. The smallest absolute Gasteiger partial charge is 0.257 e. The van der Waals surface area contributed by atoms with Crippen molar-refractivity contribution in [2.75, 3.05) is 67.8 Å². The molecular formula is C25H29N7O2. The predicted molar refractivity (Wildman–Crippen MR) is 135 cm³/mol. The van der Waals surface area contributed by atoms with Crippen LogP contribution in [0.2, 0.25) is 0 Å². The van der Waals surface area contributed by atoms with Gasteiger partial charge in [-0.25, -0.2) is 4.98 Å². The molecule has 1 amide bonds. The molecule has 34 heavy (non-hydrogen) atoms. The number of amides is 1. The van der Waals surface area contributed by atoms with E-state index in [1.165, 1.54) is 0 Å². The fraction of sp³-hybridized carbons (Fsp3) is 0.320. The average molecular weight is 460 g/mol. The van der Waals surface area contributed by atoms with Crippen molar-refractivity contribution in [3.05, 3.63) is 53.7 Å². The maximum absolute atomic E-state index is 12.8. The van der Waals surface area contributed by atoms with Gasteiger partial charge < -0.3 is 30.1 Å². The molecule has 9 nitrogen and oxygen atoms in total. The summed E-state index contributed by atoms with van der Waals surface area (Å²) in [4.78, 5) is 28.6. The summed E-state index contributed by atoms with van der Waals surface area (Å²) in [6.07, 6.45) is 1.63. The molecule has 3 aromatic rings. The van der Waals surface area contributed by atoms with Crippen LogP contribution in [0, 0.1) is 6.92 Å². The van der Waals surface area contributed by atoms with Crippen LogP contribution in [0.25, 0.3) is 0 Å². The molecule has 1 aromatic heterocycles. The summed E-state index contributed by atoms with van der Waals surface area (Å²) in [7, 11) is 5.72. The van der Waals surface area contributed by atoms with Gasteiger partial charge in [0.2, 0.25) is 5.95 Å². The number of piperazine rings is 1. The lowest BCUT2D eigenvalue weighted by atomic mass is 10.1. The monoisotopic (exact) mass is 459 g/mol. The Morgan fingerprint density at radius 3 is 2.65 bits per heavy atom. The van der Waals surface area contributed by atoms with E-state index in [0.29, 0.717) is 23.0 Å². The van der Waals surface area contributed by atoms with E-state index >= 15 is 0 Å². The van der Waals surface area contributed by atoms with E-state index in [9.17, 15) is 4.79 Å². The lowest BCUT2D eigenvalue weighted by molar-refractivity contribution is 0.102. The van der Waals surface area contributed by atoms with E-state index < -0.39 is 0 Å². The Hall–Kier alpha value is -3.85. The van der Waals surface area contributed by atoms with Crippen LogP contribution in [0.3, 0.4) is 0 Å². The molecular weight excluding hydrogens is 430 g/mol. The Morgan fingerprint density at radius 1 is 1.09 bits per heavy atom. The second-order valence-corrected chi connectivity index (χ2v) is 8.72. The van der Waals surface area contributed by atoms with Crippen molar-refractivity contribution < 1.29 is 9.53 Å². The number of benzene rings is 2. The standard InChI is InChI=1S/C25H29N7O2/c1-16-6-5-7-18-22(16)31(3)23-20(27-24(18)33)15-26-25(29-23)28-19-9-8-17(14-21(19)34-4)32-12-10-30(2)11-13-32/h5-9,14-15H,10-13H2,1-4H3,(H,27,33)(H,26,28,29). The van der Waals surface area contributed by atoms with Crippen molar-refractivity contribution in [1.29, 1.82) is 0 Å². The maximum atomic E-state index is 12.8. The van der Waals surface area contributed by atoms with E-state index in [4.69, 9.17) is 9.72 Å². The molecule has 0 radical (unpaired) electrons. The van der Waals surface area contributed by atoms with Crippen LogP contribution in [0.5, 0.6) is 5.75 Å². The topological polar surface area (TPSA) is 85.9 Å². The number of para-hydroxylation sites is 1. The first-order valence-electron chi connectivity index (χ1n) is 11.3. The Morgan fingerprint density at radius 2 is 1.88 bits per heavy atom. The zero-order valence-corrected chi connectivity index (χ0v) is 19.9. The third kappa shape index (κ3) is 3.99. The number of carbonyl (C=O) groups excluding carboxylic acids is 1. The Bertz CT molecular complexity index is 1240. The van der Waals surface area contributed by atoms with Gasteiger partial charge in [-0.3, -0.25) is 4.79 Å².